The maximum Gasteiger partial charge on any atom is 0.163 e. The predicted octanol–water partition coefficient (Wildman–Crippen LogP) is 3.21. The molecule has 1 aromatic carbocycles. The van der Waals surface area contributed by atoms with E-state index in [1.165, 1.54) is 6.92 Å². The third kappa shape index (κ3) is 7.08. The zero-order chi connectivity index (χ0) is 17.8. The average Bonchev–Trinajstić information content (AvgIpc) is 2.56. The van der Waals surface area contributed by atoms with Crippen molar-refractivity contribution in [2.75, 3.05) is 26.4 Å². The second-order valence-electron chi connectivity index (χ2n) is 5.47. The molecule has 0 aromatic heterocycles. The van der Waals surface area contributed by atoms with Crippen molar-refractivity contribution in [3.05, 3.63) is 34.9 Å². The normalized spacial score (nSPS) is 10.1. The summed E-state index contributed by atoms with van der Waals surface area (Å²) in [7, 11) is 0. The third-order valence-electron chi connectivity index (χ3n) is 3.38. The fraction of sp³-hybridized carbons (Fsp3) is 0.500. The van der Waals surface area contributed by atoms with E-state index >= 15 is 0 Å². The van der Waals surface area contributed by atoms with Gasteiger partial charge in [0, 0.05) is 17.5 Å². The predicted molar refractivity (Wildman–Crippen MR) is 94.3 cm³/mol. The smallest absolute Gasteiger partial charge is 0.163 e. The van der Waals surface area contributed by atoms with Crippen molar-refractivity contribution >= 4 is 11.6 Å². The fourth-order valence-electron chi connectivity index (χ4n) is 2.30. The molecule has 24 heavy (non-hydrogen) atoms. The molecule has 1 aromatic rings. The van der Waals surface area contributed by atoms with E-state index in [9.17, 15) is 9.59 Å². The van der Waals surface area contributed by atoms with E-state index in [4.69, 9.17) is 9.47 Å². The Morgan fingerprint density at radius 2 is 1.88 bits per heavy atom. The number of rotatable bonds is 10. The number of Topliss-reactive ketones (excluding diaryl/α,β-unsaturated/α-hetero) is 2. The Morgan fingerprint density at radius 3 is 2.54 bits per heavy atom. The van der Waals surface area contributed by atoms with Crippen LogP contribution in [0.5, 0.6) is 0 Å². The van der Waals surface area contributed by atoms with Gasteiger partial charge in [-0.3, -0.25) is 9.59 Å². The van der Waals surface area contributed by atoms with Gasteiger partial charge in [-0.15, -0.1) is 0 Å². The first-order chi connectivity index (χ1) is 11.6. The molecule has 1 rings (SSSR count). The summed E-state index contributed by atoms with van der Waals surface area (Å²) in [5.41, 5.74) is 2.67. The minimum atomic E-state index is -0.000566. The van der Waals surface area contributed by atoms with Crippen molar-refractivity contribution in [1.29, 1.82) is 0 Å². The molecule has 130 valence electrons. The van der Waals surface area contributed by atoms with E-state index in [0.29, 0.717) is 26.2 Å². The molecule has 0 atom stereocenters. The van der Waals surface area contributed by atoms with E-state index in [1.807, 2.05) is 32.0 Å². The summed E-state index contributed by atoms with van der Waals surface area (Å²) in [6.07, 6.45) is 2.18. The second kappa shape index (κ2) is 11.6. The van der Waals surface area contributed by atoms with Crippen molar-refractivity contribution in [3.8, 4) is 11.8 Å². The molecule has 0 N–H and O–H groups in total. The van der Waals surface area contributed by atoms with E-state index in [2.05, 4.69) is 11.8 Å². The summed E-state index contributed by atoms with van der Waals surface area (Å²) in [6, 6.07) is 5.69. The lowest BCUT2D eigenvalue weighted by Gasteiger charge is -2.08. The number of carbonyl (C=O) groups excluding carboxylic acids is 2. The highest BCUT2D eigenvalue weighted by molar-refractivity contribution is 5.98. The van der Waals surface area contributed by atoms with E-state index in [1.54, 1.807) is 0 Å². The minimum absolute atomic E-state index is 0.000566. The molecule has 0 heterocycles. The Bertz CT molecular complexity index is 608. The molecule has 0 bridgehead atoms. The first kappa shape index (κ1) is 20.1. The first-order valence-electron chi connectivity index (χ1n) is 8.39. The van der Waals surface area contributed by atoms with E-state index in [0.717, 1.165) is 29.5 Å². The van der Waals surface area contributed by atoms with Crippen LogP contribution in [-0.4, -0.2) is 38.0 Å². The molecule has 4 heteroatoms. The van der Waals surface area contributed by atoms with Crippen molar-refractivity contribution in [2.45, 2.75) is 40.0 Å². The van der Waals surface area contributed by atoms with Gasteiger partial charge in [-0.2, -0.15) is 0 Å². The van der Waals surface area contributed by atoms with Crippen LogP contribution in [0.25, 0.3) is 0 Å². The highest BCUT2D eigenvalue weighted by Gasteiger charge is 2.11. The molecule has 0 fully saturated rings. The quantitative estimate of drug-likeness (QED) is 0.375. The molecule has 4 nitrogen and oxygen atoms in total. The van der Waals surface area contributed by atoms with Gasteiger partial charge in [0.15, 0.2) is 11.6 Å². The van der Waals surface area contributed by atoms with Crippen molar-refractivity contribution in [1.82, 2.24) is 0 Å². The summed E-state index contributed by atoms with van der Waals surface area (Å²) in [5.74, 6) is 6.23. The van der Waals surface area contributed by atoms with Gasteiger partial charge in [0.2, 0.25) is 0 Å². The SMILES string of the molecule is CCCC(=O)c1cccc(C#CCOCCOCC(C)=O)c1CC. The number of carbonyl (C=O) groups is 2. The summed E-state index contributed by atoms with van der Waals surface area (Å²) >= 11 is 0. The number of hydrogen-bond donors (Lipinski definition) is 0. The van der Waals surface area contributed by atoms with Gasteiger partial charge in [0.05, 0.1) is 13.2 Å². The van der Waals surface area contributed by atoms with Gasteiger partial charge >= 0.3 is 0 Å². The van der Waals surface area contributed by atoms with Crippen LogP contribution in [0.2, 0.25) is 0 Å². The zero-order valence-electron chi connectivity index (χ0n) is 14.8. The fourth-order valence-corrected chi connectivity index (χ4v) is 2.30. The van der Waals surface area contributed by atoms with Gasteiger partial charge in [-0.1, -0.05) is 37.8 Å². The van der Waals surface area contributed by atoms with Crippen LogP contribution in [0.4, 0.5) is 0 Å². The van der Waals surface area contributed by atoms with Crippen molar-refractivity contribution in [2.24, 2.45) is 0 Å². The van der Waals surface area contributed by atoms with Crippen LogP contribution in [0.15, 0.2) is 18.2 Å². The van der Waals surface area contributed by atoms with E-state index in [-0.39, 0.29) is 18.2 Å². The summed E-state index contributed by atoms with van der Waals surface area (Å²) in [4.78, 5) is 22.9. The lowest BCUT2D eigenvalue weighted by Crippen LogP contribution is -2.09. The minimum Gasteiger partial charge on any atom is -0.371 e. The lowest BCUT2D eigenvalue weighted by atomic mass is 9.94. The molecule has 0 amide bonds. The Hall–Kier alpha value is -1.96. The van der Waals surface area contributed by atoms with Crippen LogP contribution < -0.4 is 0 Å². The third-order valence-corrected chi connectivity index (χ3v) is 3.38. The molecular weight excluding hydrogens is 304 g/mol. The molecule has 0 saturated heterocycles. The number of ether oxygens (including phenoxy) is 2. The van der Waals surface area contributed by atoms with Gasteiger partial charge in [-0.25, -0.2) is 0 Å². The Balaban J connectivity index is 2.58. The first-order valence-corrected chi connectivity index (χ1v) is 8.39. The standard InChI is InChI=1S/C20H26O4/c1-4-8-20(22)19-11-6-9-17(18(19)5-2)10-7-12-23-13-14-24-15-16(3)21/h6,9,11H,4-5,8,12-15H2,1-3H3. The van der Waals surface area contributed by atoms with Crippen molar-refractivity contribution in [3.63, 3.8) is 0 Å². The number of ketones is 2. The molecule has 0 unspecified atom stereocenters. The monoisotopic (exact) mass is 330 g/mol. The number of hydrogen-bond acceptors (Lipinski definition) is 4. The molecule has 0 aliphatic rings. The van der Waals surface area contributed by atoms with Gasteiger partial charge in [0.1, 0.15) is 13.2 Å². The molecule has 0 radical (unpaired) electrons. The van der Waals surface area contributed by atoms with Crippen LogP contribution in [-0.2, 0) is 20.7 Å². The van der Waals surface area contributed by atoms with Crippen LogP contribution in [0, 0.1) is 11.8 Å². The Morgan fingerprint density at radius 1 is 1.12 bits per heavy atom. The number of benzene rings is 1. The Labute approximate surface area is 144 Å². The maximum atomic E-state index is 12.2. The van der Waals surface area contributed by atoms with Crippen LogP contribution in [0.1, 0.15) is 55.1 Å². The summed E-state index contributed by atoms with van der Waals surface area (Å²) in [6.45, 7) is 6.71. The van der Waals surface area contributed by atoms with E-state index < -0.39 is 0 Å². The average molecular weight is 330 g/mol. The van der Waals surface area contributed by atoms with Gasteiger partial charge < -0.3 is 9.47 Å². The molecule has 0 aliphatic carbocycles. The van der Waals surface area contributed by atoms with Crippen LogP contribution in [0.3, 0.4) is 0 Å². The summed E-state index contributed by atoms with van der Waals surface area (Å²) in [5, 5.41) is 0. The van der Waals surface area contributed by atoms with Crippen molar-refractivity contribution < 1.29 is 19.1 Å². The second-order valence-corrected chi connectivity index (χ2v) is 5.47. The molecular formula is C20H26O4. The Kier molecular flexibility index (Phi) is 9.67. The lowest BCUT2D eigenvalue weighted by molar-refractivity contribution is -0.121. The maximum absolute atomic E-state index is 12.2. The van der Waals surface area contributed by atoms with Crippen LogP contribution >= 0.6 is 0 Å². The zero-order valence-corrected chi connectivity index (χ0v) is 14.8. The topological polar surface area (TPSA) is 52.6 Å². The molecule has 0 spiro atoms. The summed E-state index contributed by atoms with van der Waals surface area (Å²) < 4.78 is 10.5. The molecule has 0 aliphatic heterocycles. The molecule has 0 saturated carbocycles. The largest absolute Gasteiger partial charge is 0.371 e. The highest BCUT2D eigenvalue weighted by atomic mass is 16.5. The highest BCUT2D eigenvalue weighted by Crippen LogP contribution is 2.17. The van der Waals surface area contributed by atoms with Gasteiger partial charge in [-0.05, 0) is 31.4 Å². The van der Waals surface area contributed by atoms with Gasteiger partial charge in [0.25, 0.3) is 0 Å².